The van der Waals surface area contributed by atoms with Crippen LogP contribution in [0.15, 0.2) is 16.6 Å². The van der Waals surface area contributed by atoms with E-state index >= 15 is 0 Å². The molecule has 17 heavy (non-hydrogen) atoms. The van der Waals surface area contributed by atoms with E-state index in [1.165, 1.54) is 7.11 Å². The zero-order chi connectivity index (χ0) is 12.8. The van der Waals surface area contributed by atoms with Gasteiger partial charge in [0.15, 0.2) is 18.1 Å². The lowest BCUT2D eigenvalue weighted by molar-refractivity contribution is -0.119. The highest BCUT2D eigenvalue weighted by molar-refractivity contribution is 9.10. The van der Waals surface area contributed by atoms with Crippen molar-refractivity contribution >= 4 is 21.8 Å². The van der Waals surface area contributed by atoms with E-state index in [9.17, 15) is 4.79 Å². The molecule has 0 aliphatic rings. The van der Waals surface area contributed by atoms with Gasteiger partial charge in [0.25, 0.3) is 5.91 Å². The van der Waals surface area contributed by atoms with E-state index in [0.717, 1.165) is 12.0 Å². The molecule has 0 radical (unpaired) electrons. The third kappa shape index (κ3) is 3.90. The number of primary amides is 1. The first-order chi connectivity index (χ1) is 8.08. The van der Waals surface area contributed by atoms with Crippen LogP contribution >= 0.6 is 15.9 Å². The Bertz CT molecular complexity index is 410. The second-order valence-corrected chi connectivity index (χ2v) is 4.26. The lowest BCUT2D eigenvalue weighted by Crippen LogP contribution is -2.20. The number of halogens is 1. The first-order valence-corrected chi connectivity index (χ1v) is 5.85. The molecule has 0 aliphatic heterocycles. The van der Waals surface area contributed by atoms with Crippen LogP contribution < -0.4 is 20.9 Å². The van der Waals surface area contributed by atoms with Gasteiger partial charge in [-0.1, -0.05) is 0 Å². The summed E-state index contributed by atoms with van der Waals surface area (Å²) in [5.74, 6) is 0.473. The van der Waals surface area contributed by atoms with E-state index in [0.29, 0.717) is 22.5 Å². The number of methoxy groups -OCH3 is 1. The maximum absolute atomic E-state index is 10.7. The Hall–Kier alpha value is -1.27. The summed E-state index contributed by atoms with van der Waals surface area (Å²) in [7, 11) is 1.53. The minimum Gasteiger partial charge on any atom is -0.493 e. The Morgan fingerprint density at radius 2 is 2.18 bits per heavy atom. The van der Waals surface area contributed by atoms with E-state index in [4.69, 9.17) is 20.9 Å². The van der Waals surface area contributed by atoms with E-state index in [2.05, 4.69) is 15.9 Å². The van der Waals surface area contributed by atoms with Crippen LogP contribution in [-0.2, 0) is 11.2 Å². The lowest BCUT2D eigenvalue weighted by Gasteiger charge is -2.13. The Balaban J connectivity index is 2.98. The van der Waals surface area contributed by atoms with Crippen LogP contribution in [0.4, 0.5) is 0 Å². The van der Waals surface area contributed by atoms with Crippen LogP contribution in [0.25, 0.3) is 0 Å². The molecular weight excluding hydrogens is 288 g/mol. The van der Waals surface area contributed by atoms with Crippen molar-refractivity contribution in [2.24, 2.45) is 11.5 Å². The number of benzene rings is 1. The van der Waals surface area contributed by atoms with Gasteiger partial charge < -0.3 is 20.9 Å². The van der Waals surface area contributed by atoms with Crippen LogP contribution in [0.2, 0.25) is 0 Å². The monoisotopic (exact) mass is 302 g/mol. The van der Waals surface area contributed by atoms with Crippen molar-refractivity contribution < 1.29 is 14.3 Å². The van der Waals surface area contributed by atoms with Crippen molar-refractivity contribution in [1.29, 1.82) is 0 Å². The first kappa shape index (κ1) is 13.8. The Kier molecular flexibility index (Phi) is 5.24. The third-order valence-electron chi connectivity index (χ3n) is 2.08. The third-order valence-corrected chi connectivity index (χ3v) is 2.67. The molecule has 0 fully saturated rings. The van der Waals surface area contributed by atoms with Crippen molar-refractivity contribution in [2.75, 3.05) is 20.3 Å². The number of ether oxygens (including phenoxy) is 2. The van der Waals surface area contributed by atoms with E-state index < -0.39 is 5.91 Å². The predicted molar refractivity (Wildman–Crippen MR) is 68.1 cm³/mol. The van der Waals surface area contributed by atoms with Crippen molar-refractivity contribution in [3.05, 3.63) is 22.2 Å². The topological polar surface area (TPSA) is 87.6 Å². The molecular formula is C11H15BrN2O3. The van der Waals surface area contributed by atoms with Gasteiger partial charge in [-0.25, -0.2) is 0 Å². The molecule has 1 aromatic rings. The van der Waals surface area contributed by atoms with Gasteiger partial charge in [0.05, 0.1) is 11.6 Å². The molecule has 0 saturated heterocycles. The molecule has 0 bridgehead atoms. The summed E-state index contributed by atoms with van der Waals surface area (Å²) in [6.07, 6.45) is 0.741. The van der Waals surface area contributed by atoms with Gasteiger partial charge in [0.1, 0.15) is 0 Å². The maximum atomic E-state index is 10.7. The molecule has 0 spiro atoms. The highest BCUT2D eigenvalue weighted by Crippen LogP contribution is 2.36. The molecule has 5 nitrogen and oxygen atoms in total. The summed E-state index contributed by atoms with van der Waals surface area (Å²) in [6.45, 7) is 0.363. The van der Waals surface area contributed by atoms with Gasteiger partial charge in [-0.15, -0.1) is 0 Å². The largest absolute Gasteiger partial charge is 0.493 e. The summed E-state index contributed by atoms with van der Waals surface area (Å²) in [5, 5.41) is 0. The quantitative estimate of drug-likeness (QED) is 0.814. The SMILES string of the molecule is COc1cc(CCN)cc(Br)c1OCC(N)=O. The molecule has 4 N–H and O–H groups in total. The number of carbonyl (C=O) groups is 1. The number of hydrogen-bond acceptors (Lipinski definition) is 4. The summed E-state index contributed by atoms with van der Waals surface area (Å²) >= 11 is 3.36. The second kappa shape index (κ2) is 6.46. The molecule has 0 unspecified atom stereocenters. The van der Waals surface area contributed by atoms with Gasteiger partial charge in [-0.05, 0) is 46.6 Å². The normalized spacial score (nSPS) is 10.1. The zero-order valence-electron chi connectivity index (χ0n) is 9.53. The van der Waals surface area contributed by atoms with Gasteiger partial charge in [-0.3, -0.25) is 4.79 Å². The highest BCUT2D eigenvalue weighted by atomic mass is 79.9. The molecule has 0 atom stereocenters. The van der Waals surface area contributed by atoms with Crippen molar-refractivity contribution in [3.8, 4) is 11.5 Å². The Morgan fingerprint density at radius 1 is 1.47 bits per heavy atom. The molecule has 0 saturated carbocycles. The average Bonchev–Trinajstić information content (AvgIpc) is 2.27. The standard InChI is InChI=1S/C11H15BrN2O3/c1-16-9-5-7(2-3-13)4-8(12)11(9)17-6-10(14)15/h4-5H,2-3,6,13H2,1H3,(H2,14,15). The number of rotatable bonds is 6. The zero-order valence-corrected chi connectivity index (χ0v) is 11.1. The summed E-state index contributed by atoms with van der Waals surface area (Å²) < 4.78 is 11.2. The summed E-state index contributed by atoms with van der Waals surface area (Å²) in [6, 6.07) is 3.71. The maximum Gasteiger partial charge on any atom is 0.255 e. The van der Waals surface area contributed by atoms with Gasteiger partial charge in [0, 0.05) is 0 Å². The molecule has 1 amide bonds. The second-order valence-electron chi connectivity index (χ2n) is 3.40. The highest BCUT2D eigenvalue weighted by Gasteiger charge is 2.12. The van der Waals surface area contributed by atoms with E-state index in [-0.39, 0.29) is 6.61 Å². The van der Waals surface area contributed by atoms with Gasteiger partial charge in [-0.2, -0.15) is 0 Å². The van der Waals surface area contributed by atoms with Gasteiger partial charge >= 0.3 is 0 Å². The summed E-state index contributed by atoms with van der Waals surface area (Å²) in [5.41, 5.74) is 11.5. The fourth-order valence-corrected chi connectivity index (χ4v) is 1.97. The van der Waals surface area contributed by atoms with Crippen LogP contribution in [0.3, 0.4) is 0 Å². The van der Waals surface area contributed by atoms with Crippen molar-refractivity contribution in [3.63, 3.8) is 0 Å². The molecule has 6 heteroatoms. The predicted octanol–water partition coefficient (Wildman–Crippen LogP) is 0.823. The molecule has 1 aromatic carbocycles. The fraction of sp³-hybridized carbons (Fsp3) is 0.364. The number of amides is 1. The number of carbonyl (C=O) groups excluding carboxylic acids is 1. The average molecular weight is 303 g/mol. The molecule has 0 aliphatic carbocycles. The molecule has 1 rings (SSSR count). The van der Waals surface area contributed by atoms with Crippen molar-refractivity contribution in [1.82, 2.24) is 0 Å². The minimum absolute atomic E-state index is 0.189. The van der Waals surface area contributed by atoms with Crippen molar-refractivity contribution in [2.45, 2.75) is 6.42 Å². The van der Waals surface area contributed by atoms with Gasteiger partial charge in [0.2, 0.25) is 0 Å². The van der Waals surface area contributed by atoms with E-state index in [1.54, 1.807) is 0 Å². The van der Waals surface area contributed by atoms with Crippen LogP contribution in [-0.4, -0.2) is 26.2 Å². The summed E-state index contributed by atoms with van der Waals surface area (Å²) in [4.78, 5) is 10.7. The number of nitrogens with two attached hydrogens (primary N) is 2. The fourth-order valence-electron chi connectivity index (χ4n) is 1.37. The molecule has 0 heterocycles. The van der Waals surface area contributed by atoms with Crippen LogP contribution in [0, 0.1) is 0 Å². The first-order valence-electron chi connectivity index (χ1n) is 5.06. The Morgan fingerprint density at radius 3 is 2.71 bits per heavy atom. The smallest absolute Gasteiger partial charge is 0.255 e. The van der Waals surface area contributed by atoms with Crippen LogP contribution in [0.5, 0.6) is 11.5 Å². The number of hydrogen-bond donors (Lipinski definition) is 2. The van der Waals surface area contributed by atoms with Crippen LogP contribution in [0.1, 0.15) is 5.56 Å². The molecule has 94 valence electrons. The minimum atomic E-state index is -0.537. The molecule has 0 aromatic heterocycles. The van der Waals surface area contributed by atoms with E-state index in [1.807, 2.05) is 12.1 Å². The Labute approximate surface area is 108 Å². The lowest BCUT2D eigenvalue weighted by atomic mass is 10.1.